The van der Waals surface area contributed by atoms with Crippen molar-refractivity contribution in [3.63, 3.8) is 0 Å². The highest BCUT2D eigenvalue weighted by atomic mass is 16.5. The molecule has 1 amide bonds. The Morgan fingerprint density at radius 1 is 1.29 bits per heavy atom. The first kappa shape index (κ1) is 16.9. The lowest BCUT2D eigenvalue weighted by Crippen LogP contribution is -2.30. The summed E-state index contributed by atoms with van der Waals surface area (Å²) < 4.78 is 6.07. The average Bonchev–Trinajstić information content (AvgIpc) is 2.47. The zero-order valence-corrected chi connectivity index (χ0v) is 12.4. The number of nitrogens with zero attached hydrogens (tertiary/aromatic N) is 2. The maximum absolute atomic E-state index is 11.8. The Bertz CT molecular complexity index is 539. The smallest absolute Gasteiger partial charge is 0.359 e. The van der Waals surface area contributed by atoms with E-state index in [-0.39, 0.29) is 23.8 Å². The quantitative estimate of drug-likeness (QED) is 0.564. The van der Waals surface area contributed by atoms with Crippen LogP contribution in [0.25, 0.3) is 0 Å². The van der Waals surface area contributed by atoms with Crippen molar-refractivity contribution in [2.45, 2.75) is 39.7 Å². The van der Waals surface area contributed by atoms with Gasteiger partial charge in [0.15, 0.2) is 12.3 Å². The van der Waals surface area contributed by atoms with Gasteiger partial charge in [0.2, 0.25) is 0 Å². The Kier molecular flexibility index (Phi) is 7.14. The van der Waals surface area contributed by atoms with E-state index in [1.807, 2.05) is 13.8 Å². The van der Waals surface area contributed by atoms with Gasteiger partial charge in [0.25, 0.3) is 11.5 Å². The lowest BCUT2D eigenvalue weighted by atomic mass is 10.3. The van der Waals surface area contributed by atoms with Gasteiger partial charge in [0.05, 0.1) is 0 Å². The van der Waals surface area contributed by atoms with E-state index in [1.165, 1.54) is 16.8 Å². The molecule has 0 spiro atoms. The topological polar surface area (TPSA) is 90.3 Å². The lowest BCUT2D eigenvalue weighted by molar-refractivity contribution is -0.124. The van der Waals surface area contributed by atoms with Crippen LogP contribution in [-0.4, -0.2) is 34.8 Å². The summed E-state index contributed by atoms with van der Waals surface area (Å²) in [4.78, 5) is 34.7. The summed E-state index contributed by atoms with van der Waals surface area (Å²) in [6, 6.07) is 2.56. The second-order valence-electron chi connectivity index (χ2n) is 4.56. The molecule has 7 heteroatoms. The Morgan fingerprint density at radius 2 is 2.05 bits per heavy atom. The summed E-state index contributed by atoms with van der Waals surface area (Å²) in [5.41, 5.74) is -0.255. The highest BCUT2D eigenvalue weighted by Gasteiger charge is 2.12. The molecule has 0 aromatic carbocycles. The first-order valence-corrected chi connectivity index (χ1v) is 7.10. The highest BCUT2D eigenvalue weighted by Crippen LogP contribution is 1.96. The Balaban J connectivity index is 2.54. The molecule has 0 aliphatic rings. The molecule has 0 bridgehead atoms. The van der Waals surface area contributed by atoms with Crippen LogP contribution in [0.5, 0.6) is 0 Å². The Hall–Kier alpha value is -2.18. The third-order valence-electron chi connectivity index (χ3n) is 2.70. The zero-order chi connectivity index (χ0) is 15.7. The predicted molar refractivity (Wildman–Crippen MR) is 77.0 cm³/mol. The Labute approximate surface area is 123 Å². The second kappa shape index (κ2) is 8.89. The molecule has 21 heavy (non-hydrogen) atoms. The van der Waals surface area contributed by atoms with Crippen LogP contribution in [0.3, 0.4) is 0 Å². The summed E-state index contributed by atoms with van der Waals surface area (Å²) >= 11 is 0. The standard InChI is InChI=1S/C14H21N3O4/c1-3-5-8-15-12(18)10-21-14(20)11-6-7-13(19)17(16-11)9-4-2/h6-7H,3-5,8-10H2,1-2H3,(H,15,18). The molecule has 0 saturated heterocycles. The van der Waals surface area contributed by atoms with Crippen molar-refractivity contribution in [2.75, 3.05) is 13.2 Å². The van der Waals surface area contributed by atoms with Gasteiger partial charge in [-0.25, -0.2) is 9.48 Å². The molecule has 0 saturated carbocycles. The second-order valence-corrected chi connectivity index (χ2v) is 4.56. The molecular weight excluding hydrogens is 274 g/mol. The van der Waals surface area contributed by atoms with Crippen LogP contribution in [0, 0.1) is 0 Å². The molecule has 1 aromatic rings. The van der Waals surface area contributed by atoms with Crippen molar-refractivity contribution in [1.82, 2.24) is 15.1 Å². The molecule has 0 aliphatic heterocycles. The molecule has 1 rings (SSSR count). The lowest BCUT2D eigenvalue weighted by Gasteiger charge is -2.07. The fourth-order valence-electron chi connectivity index (χ4n) is 1.59. The minimum absolute atomic E-state index is 0.0180. The van der Waals surface area contributed by atoms with Crippen molar-refractivity contribution >= 4 is 11.9 Å². The number of carbonyl (C=O) groups excluding carboxylic acids is 2. The minimum Gasteiger partial charge on any atom is -0.451 e. The minimum atomic E-state index is -0.717. The number of hydrogen-bond acceptors (Lipinski definition) is 5. The van der Waals surface area contributed by atoms with Gasteiger partial charge in [-0.3, -0.25) is 9.59 Å². The van der Waals surface area contributed by atoms with Crippen LogP contribution in [-0.2, 0) is 16.1 Å². The number of carbonyl (C=O) groups is 2. The first-order chi connectivity index (χ1) is 10.1. The van der Waals surface area contributed by atoms with Crippen molar-refractivity contribution in [3.8, 4) is 0 Å². The van der Waals surface area contributed by atoms with Gasteiger partial charge in [-0.05, 0) is 18.9 Å². The van der Waals surface area contributed by atoms with Gasteiger partial charge in [-0.1, -0.05) is 20.3 Å². The number of unbranched alkanes of at least 4 members (excludes halogenated alkanes) is 1. The molecule has 0 unspecified atom stereocenters. The van der Waals surface area contributed by atoms with Crippen molar-refractivity contribution in [2.24, 2.45) is 0 Å². The SMILES string of the molecule is CCCCNC(=O)COC(=O)c1ccc(=O)n(CCC)n1. The third-order valence-corrected chi connectivity index (χ3v) is 2.70. The van der Waals surface area contributed by atoms with Gasteiger partial charge >= 0.3 is 5.97 Å². The molecule has 7 nitrogen and oxygen atoms in total. The monoisotopic (exact) mass is 295 g/mol. The molecule has 116 valence electrons. The highest BCUT2D eigenvalue weighted by molar-refractivity contribution is 5.89. The molecule has 0 fully saturated rings. The predicted octanol–water partition coefficient (Wildman–Crippen LogP) is 0.726. The summed E-state index contributed by atoms with van der Waals surface area (Å²) in [7, 11) is 0. The van der Waals surface area contributed by atoms with Crippen LogP contribution in [0.15, 0.2) is 16.9 Å². The van der Waals surface area contributed by atoms with E-state index in [4.69, 9.17) is 4.74 Å². The zero-order valence-electron chi connectivity index (χ0n) is 12.4. The van der Waals surface area contributed by atoms with Crippen molar-refractivity contribution in [3.05, 3.63) is 28.2 Å². The van der Waals surface area contributed by atoms with Gasteiger partial charge in [-0.2, -0.15) is 5.10 Å². The van der Waals surface area contributed by atoms with E-state index < -0.39 is 5.97 Å². The number of aryl methyl sites for hydroxylation is 1. The van der Waals surface area contributed by atoms with E-state index >= 15 is 0 Å². The van der Waals surface area contributed by atoms with Gasteiger partial charge < -0.3 is 10.1 Å². The number of nitrogens with one attached hydrogen (secondary N) is 1. The van der Waals surface area contributed by atoms with Crippen molar-refractivity contribution < 1.29 is 14.3 Å². The van der Waals surface area contributed by atoms with Crippen LogP contribution in [0.2, 0.25) is 0 Å². The van der Waals surface area contributed by atoms with Crippen LogP contribution < -0.4 is 10.9 Å². The number of amides is 1. The van der Waals surface area contributed by atoms with E-state index in [1.54, 1.807) is 0 Å². The van der Waals surface area contributed by atoms with Crippen molar-refractivity contribution in [1.29, 1.82) is 0 Å². The molecule has 1 aromatic heterocycles. The van der Waals surface area contributed by atoms with Crippen LogP contribution >= 0.6 is 0 Å². The molecule has 0 atom stereocenters. The molecule has 1 heterocycles. The van der Waals surface area contributed by atoms with Gasteiger partial charge in [0.1, 0.15) is 0 Å². The number of hydrogen-bond donors (Lipinski definition) is 1. The van der Waals surface area contributed by atoms with E-state index in [0.29, 0.717) is 13.1 Å². The third kappa shape index (κ3) is 5.76. The molecule has 0 aliphatic carbocycles. The summed E-state index contributed by atoms with van der Waals surface area (Å²) in [5, 5.41) is 6.55. The van der Waals surface area contributed by atoms with Crippen LogP contribution in [0.1, 0.15) is 43.6 Å². The average molecular weight is 295 g/mol. The van der Waals surface area contributed by atoms with E-state index in [0.717, 1.165) is 19.3 Å². The Morgan fingerprint density at radius 3 is 2.71 bits per heavy atom. The van der Waals surface area contributed by atoms with Gasteiger partial charge in [-0.15, -0.1) is 0 Å². The summed E-state index contributed by atoms with van der Waals surface area (Å²) in [6.07, 6.45) is 2.58. The number of ether oxygens (including phenoxy) is 1. The number of esters is 1. The molecule has 1 N–H and O–H groups in total. The van der Waals surface area contributed by atoms with Crippen LogP contribution in [0.4, 0.5) is 0 Å². The van der Waals surface area contributed by atoms with E-state index in [2.05, 4.69) is 10.4 Å². The maximum Gasteiger partial charge on any atom is 0.359 e. The summed E-state index contributed by atoms with van der Waals surface area (Å²) in [6.45, 7) is 4.56. The normalized spacial score (nSPS) is 10.2. The number of rotatable bonds is 8. The van der Waals surface area contributed by atoms with E-state index in [9.17, 15) is 14.4 Å². The molecular formula is C14H21N3O4. The van der Waals surface area contributed by atoms with Gasteiger partial charge in [0, 0.05) is 19.2 Å². The molecule has 0 radical (unpaired) electrons. The summed E-state index contributed by atoms with van der Waals surface area (Å²) in [5.74, 6) is -1.07. The fraction of sp³-hybridized carbons (Fsp3) is 0.571. The number of aromatic nitrogens is 2. The fourth-order valence-corrected chi connectivity index (χ4v) is 1.59. The largest absolute Gasteiger partial charge is 0.451 e. The first-order valence-electron chi connectivity index (χ1n) is 7.10. The maximum atomic E-state index is 11.8.